The summed E-state index contributed by atoms with van der Waals surface area (Å²) in [6.45, 7) is 1.80. The summed E-state index contributed by atoms with van der Waals surface area (Å²) in [6.07, 6.45) is 1.52. The molecule has 0 aliphatic carbocycles. The van der Waals surface area contributed by atoms with Gasteiger partial charge in [0.25, 0.3) is 11.1 Å². The van der Waals surface area contributed by atoms with Crippen LogP contribution in [0.5, 0.6) is 11.5 Å². The van der Waals surface area contributed by atoms with Gasteiger partial charge in [-0.1, -0.05) is 28.1 Å². The summed E-state index contributed by atoms with van der Waals surface area (Å²) in [5.41, 5.74) is 1.80. The number of imide groups is 1. The zero-order chi connectivity index (χ0) is 28.8. The Labute approximate surface area is 241 Å². The Hall–Kier alpha value is -4.16. The summed E-state index contributed by atoms with van der Waals surface area (Å²) >= 11 is 4.17. The van der Waals surface area contributed by atoms with Crippen molar-refractivity contribution in [3.8, 4) is 11.5 Å². The molecule has 0 bridgehead atoms. The maximum absolute atomic E-state index is 13.1. The summed E-state index contributed by atoms with van der Waals surface area (Å²) in [5, 5.41) is 11.0. The van der Waals surface area contributed by atoms with Crippen LogP contribution in [0.3, 0.4) is 0 Å². The van der Waals surface area contributed by atoms with Gasteiger partial charge in [0, 0.05) is 10.2 Å². The number of rotatable bonds is 10. The van der Waals surface area contributed by atoms with Crippen LogP contribution in [0.2, 0.25) is 0 Å². The second-order valence-electron chi connectivity index (χ2n) is 8.37. The van der Waals surface area contributed by atoms with E-state index in [-0.39, 0.29) is 17.1 Å². The SMILES string of the molecule is CCOc1cc(/C=C2\SC(=O)N(CC(=O)Nc3ccc(F)cc3)C2=O)c(Br)cc1OCc1ccc(C(=O)O)cc1. The highest BCUT2D eigenvalue weighted by Crippen LogP contribution is 2.38. The third kappa shape index (κ3) is 7.07. The van der Waals surface area contributed by atoms with Crippen LogP contribution < -0.4 is 14.8 Å². The standard InChI is InChI=1S/C28H22BrFN2O7S/c1-2-38-22-11-18(21(29)13-23(22)39-15-16-3-5-17(6-4-16)27(35)36)12-24-26(34)32(28(37)40-24)14-25(33)31-20-9-7-19(30)8-10-20/h3-13H,2,14-15H2,1H3,(H,31,33)(H,35,36)/b24-12-. The summed E-state index contributed by atoms with van der Waals surface area (Å²) in [7, 11) is 0. The number of carboxylic acid groups (broad SMARTS) is 1. The van der Waals surface area contributed by atoms with Crippen molar-refractivity contribution in [2.75, 3.05) is 18.5 Å². The molecule has 0 atom stereocenters. The number of carbonyl (C=O) groups is 4. The summed E-state index contributed by atoms with van der Waals surface area (Å²) in [6, 6.07) is 14.7. The topological polar surface area (TPSA) is 122 Å². The molecule has 3 amide bonds. The fraction of sp³-hybridized carbons (Fsp3) is 0.143. The number of nitrogens with zero attached hydrogens (tertiary/aromatic N) is 1. The zero-order valence-electron chi connectivity index (χ0n) is 21.0. The normalized spacial score (nSPS) is 14.0. The number of anilines is 1. The largest absolute Gasteiger partial charge is 0.490 e. The molecule has 1 fully saturated rings. The van der Waals surface area contributed by atoms with Crippen LogP contribution in [0, 0.1) is 5.82 Å². The van der Waals surface area contributed by atoms with E-state index in [2.05, 4.69) is 21.2 Å². The lowest BCUT2D eigenvalue weighted by Gasteiger charge is -2.14. The number of halogens is 2. The van der Waals surface area contributed by atoms with Crippen molar-refractivity contribution in [1.82, 2.24) is 4.90 Å². The molecule has 3 aromatic carbocycles. The molecule has 40 heavy (non-hydrogen) atoms. The smallest absolute Gasteiger partial charge is 0.335 e. The minimum absolute atomic E-state index is 0.120. The van der Waals surface area contributed by atoms with Crippen molar-refractivity contribution in [3.05, 3.63) is 92.5 Å². The number of carboxylic acids is 1. The summed E-state index contributed by atoms with van der Waals surface area (Å²) in [4.78, 5) is 49.8. The van der Waals surface area contributed by atoms with Crippen molar-refractivity contribution in [2.45, 2.75) is 13.5 Å². The second-order valence-corrected chi connectivity index (χ2v) is 10.2. The molecule has 4 rings (SSSR count). The fourth-order valence-electron chi connectivity index (χ4n) is 3.60. The molecule has 0 radical (unpaired) electrons. The lowest BCUT2D eigenvalue weighted by atomic mass is 10.1. The van der Waals surface area contributed by atoms with Gasteiger partial charge in [-0.2, -0.15) is 0 Å². The van der Waals surface area contributed by atoms with Crippen LogP contribution in [0.4, 0.5) is 14.9 Å². The summed E-state index contributed by atoms with van der Waals surface area (Å²) < 4.78 is 25.3. The quantitative estimate of drug-likeness (QED) is 0.265. The van der Waals surface area contributed by atoms with Gasteiger partial charge in [0.1, 0.15) is 19.0 Å². The van der Waals surface area contributed by atoms with Crippen molar-refractivity contribution >= 4 is 62.5 Å². The molecule has 2 N–H and O–H groups in total. The van der Waals surface area contributed by atoms with E-state index in [4.69, 9.17) is 14.6 Å². The van der Waals surface area contributed by atoms with Crippen LogP contribution in [-0.4, -0.2) is 46.2 Å². The van der Waals surface area contributed by atoms with Crippen molar-refractivity contribution in [3.63, 3.8) is 0 Å². The van der Waals surface area contributed by atoms with Gasteiger partial charge in [-0.3, -0.25) is 19.3 Å². The first-order chi connectivity index (χ1) is 19.1. The molecule has 1 saturated heterocycles. The Bertz CT molecular complexity index is 1490. The monoisotopic (exact) mass is 628 g/mol. The molecular weight excluding hydrogens is 607 g/mol. The number of ether oxygens (including phenoxy) is 2. The molecule has 12 heteroatoms. The second kappa shape index (κ2) is 12.8. The first-order valence-electron chi connectivity index (χ1n) is 11.9. The number of hydrogen-bond donors (Lipinski definition) is 2. The Morgan fingerprint density at radius 1 is 1.05 bits per heavy atom. The minimum atomic E-state index is -1.02. The van der Waals surface area contributed by atoms with Gasteiger partial charge in [-0.05, 0) is 84.4 Å². The molecule has 0 spiro atoms. The van der Waals surface area contributed by atoms with Crippen LogP contribution in [0.25, 0.3) is 6.08 Å². The highest BCUT2D eigenvalue weighted by Gasteiger charge is 2.36. The van der Waals surface area contributed by atoms with Crippen LogP contribution >= 0.6 is 27.7 Å². The van der Waals surface area contributed by atoms with Gasteiger partial charge in [0.15, 0.2) is 11.5 Å². The number of benzene rings is 3. The molecule has 1 aliphatic heterocycles. The molecule has 9 nitrogen and oxygen atoms in total. The molecule has 206 valence electrons. The fourth-order valence-corrected chi connectivity index (χ4v) is 4.87. The molecule has 1 heterocycles. The van der Waals surface area contributed by atoms with E-state index in [9.17, 15) is 23.6 Å². The molecule has 0 aromatic heterocycles. The van der Waals surface area contributed by atoms with Gasteiger partial charge in [0.05, 0.1) is 17.1 Å². The first-order valence-corrected chi connectivity index (χ1v) is 13.5. The van der Waals surface area contributed by atoms with Gasteiger partial charge in [-0.15, -0.1) is 0 Å². The summed E-state index contributed by atoms with van der Waals surface area (Å²) in [5.74, 6) is -1.89. The Balaban J connectivity index is 1.47. The van der Waals surface area contributed by atoms with Gasteiger partial charge < -0.3 is 19.9 Å². The maximum Gasteiger partial charge on any atom is 0.335 e. The highest BCUT2D eigenvalue weighted by atomic mass is 79.9. The molecule has 0 saturated carbocycles. The van der Waals surface area contributed by atoms with E-state index in [1.165, 1.54) is 42.5 Å². The van der Waals surface area contributed by atoms with E-state index in [1.54, 1.807) is 31.2 Å². The van der Waals surface area contributed by atoms with E-state index < -0.39 is 35.4 Å². The third-order valence-electron chi connectivity index (χ3n) is 5.55. The van der Waals surface area contributed by atoms with Crippen LogP contribution in [-0.2, 0) is 16.2 Å². The molecule has 1 aliphatic rings. The number of nitrogens with one attached hydrogen (secondary N) is 1. The van der Waals surface area contributed by atoms with Crippen molar-refractivity contribution in [2.24, 2.45) is 0 Å². The lowest BCUT2D eigenvalue weighted by molar-refractivity contribution is -0.127. The number of thioether (sulfide) groups is 1. The Morgan fingerprint density at radius 2 is 1.73 bits per heavy atom. The average Bonchev–Trinajstić information content (AvgIpc) is 3.18. The number of hydrogen-bond acceptors (Lipinski definition) is 7. The molecule has 3 aromatic rings. The van der Waals surface area contributed by atoms with Gasteiger partial charge in [-0.25, -0.2) is 9.18 Å². The minimum Gasteiger partial charge on any atom is -0.490 e. The average molecular weight is 629 g/mol. The van der Waals surface area contributed by atoms with E-state index in [0.29, 0.717) is 45.6 Å². The third-order valence-corrected chi connectivity index (χ3v) is 7.14. The van der Waals surface area contributed by atoms with E-state index in [1.807, 2.05) is 0 Å². The first kappa shape index (κ1) is 28.8. The Kier molecular flexibility index (Phi) is 9.22. The van der Waals surface area contributed by atoms with Gasteiger partial charge in [0.2, 0.25) is 5.91 Å². The van der Waals surface area contributed by atoms with E-state index >= 15 is 0 Å². The molecule has 0 unspecified atom stereocenters. The van der Waals surface area contributed by atoms with Crippen molar-refractivity contribution in [1.29, 1.82) is 0 Å². The number of aromatic carboxylic acids is 1. The predicted molar refractivity (Wildman–Crippen MR) is 151 cm³/mol. The number of carbonyl (C=O) groups excluding carboxylic acids is 3. The highest BCUT2D eigenvalue weighted by molar-refractivity contribution is 9.10. The lowest BCUT2D eigenvalue weighted by Crippen LogP contribution is -2.36. The maximum atomic E-state index is 13.1. The van der Waals surface area contributed by atoms with Gasteiger partial charge >= 0.3 is 5.97 Å². The Morgan fingerprint density at radius 3 is 2.38 bits per heavy atom. The zero-order valence-corrected chi connectivity index (χ0v) is 23.4. The predicted octanol–water partition coefficient (Wildman–Crippen LogP) is 5.94. The van der Waals surface area contributed by atoms with Crippen molar-refractivity contribution < 1.29 is 38.1 Å². The van der Waals surface area contributed by atoms with Crippen LogP contribution in [0.15, 0.2) is 70.0 Å². The van der Waals surface area contributed by atoms with E-state index in [0.717, 1.165) is 10.5 Å². The van der Waals surface area contributed by atoms with Crippen LogP contribution in [0.1, 0.15) is 28.4 Å². The molecular formula is C28H22BrFN2O7S. The number of amides is 3.